The van der Waals surface area contributed by atoms with Crippen LogP contribution in [0.3, 0.4) is 0 Å². The van der Waals surface area contributed by atoms with Crippen molar-refractivity contribution in [3.8, 4) is 16.9 Å². The smallest absolute Gasteiger partial charge is 0.262 e. The number of aliphatic hydroxyl groups is 1. The summed E-state index contributed by atoms with van der Waals surface area (Å²) in [6.07, 6.45) is 0.628. The van der Waals surface area contributed by atoms with Gasteiger partial charge in [-0.05, 0) is 36.8 Å². The zero-order valence-electron chi connectivity index (χ0n) is 15.7. The molecule has 4 aromatic rings. The number of rotatable bonds is 6. The van der Waals surface area contributed by atoms with Crippen molar-refractivity contribution in [2.75, 3.05) is 6.61 Å². The Morgan fingerprint density at radius 1 is 1.17 bits per heavy atom. The molecule has 4 rings (SSSR count). The number of ether oxygens (including phenoxy) is 1. The molecule has 0 aliphatic rings. The molecule has 1 N–H and O–H groups in total. The molecule has 2 aromatic carbocycles. The van der Waals surface area contributed by atoms with E-state index in [1.165, 1.54) is 22.2 Å². The molecule has 0 radical (unpaired) electrons. The van der Waals surface area contributed by atoms with E-state index in [2.05, 4.69) is 4.98 Å². The second kappa shape index (κ2) is 8.37. The van der Waals surface area contributed by atoms with Gasteiger partial charge >= 0.3 is 0 Å². The van der Waals surface area contributed by atoms with Crippen LogP contribution in [0.25, 0.3) is 21.3 Å². The molecule has 1 atom stereocenters. The third-order valence-electron chi connectivity index (χ3n) is 4.58. The normalized spacial score (nSPS) is 12.2. The van der Waals surface area contributed by atoms with Gasteiger partial charge in [0.2, 0.25) is 0 Å². The van der Waals surface area contributed by atoms with E-state index in [0.29, 0.717) is 21.0 Å². The van der Waals surface area contributed by atoms with Crippen LogP contribution in [-0.2, 0) is 6.54 Å². The molecular formula is C22H19ClN2O3S. The number of benzene rings is 2. The number of aryl methyl sites for hydroxylation is 1. The Hall–Kier alpha value is -2.67. The predicted octanol–water partition coefficient (Wildman–Crippen LogP) is 4.53. The zero-order valence-corrected chi connectivity index (χ0v) is 17.3. The molecule has 0 aliphatic heterocycles. The zero-order chi connectivity index (χ0) is 20.4. The Bertz CT molecular complexity index is 1190. The second-order valence-electron chi connectivity index (χ2n) is 6.70. The molecule has 0 aliphatic carbocycles. The van der Waals surface area contributed by atoms with Crippen LogP contribution < -0.4 is 10.3 Å². The number of fused-ring (bicyclic) bond motifs is 1. The van der Waals surface area contributed by atoms with Gasteiger partial charge in [-0.25, -0.2) is 4.98 Å². The highest BCUT2D eigenvalue weighted by molar-refractivity contribution is 7.19. The summed E-state index contributed by atoms with van der Waals surface area (Å²) >= 11 is 7.36. The number of nitrogens with zero attached hydrogens (tertiary/aromatic N) is 2. The first-order valence-corrected chi connectivity index (χ1v) is 10.3. The van der Waals surface area contributed by atoms with Gasteiger partial charge in [0, 0.05) is 15.5 Å². The maximum atomic E-state index is 13.1. The van der Waals surface area contributed by atoms with E-state index in [1.54, 1.807) is 24.3 Å². The molecule has 0 bridgehead atoms. The molecule has 29 heavy (non-hydrogen) atoms. The number of thiophene rings is 1. The average molecular weight is 427 g/mol. The fourth-order valence-electron chi connectivity index (χ4n) is 3.22. The first kappa shape index (κ1) is 19.6. The molecule has 7 heteroatoms. The first-order valence-electron chi connectivity index (χ1n) is 9.13. The Balaban J connectivity index is 1.59. The van der Waals surface area contributed by atoms with Crippen LogP contribution in [0.2, 0.25) is 5.02 Å². The van der Waals surface area contributed by atoms with E-state index in [1.807, 2.05) is 37.3 Å². The fourth-order valence-corrected chi connectivity index (χ4v) is 4.35. The lowest BCUT2D eigenvalue weighted by atomic mass is 10.0. The lowest BCUT2D eigenvalue weighted by molar-refractivity contribution is 0.0915. The van der Waals surface area contributed by atoms with E-state index in [4.69, 9.17) is 16.3 Å². The minimum absolute atomic E-state index is 0.0559. The van der Waals surface area contributed by atoms with E-state index in [9.17, 15) is 9.90 Å². The van der Waals surface area contributed by atoms with Gasteiger partial charge in [-0.3, -0.25) is 9.36 Å². The van der Waals surface area contributed by atoms with Crippen molar-refractivity contribution < 1.29 is 9.84 Å². The summed E-state index contributed by atoms with van der Waals surface area (Å²) in [6.45, 7) is 2.14. The van der Waals surface area contributed by atoms with Crippen LogP contribution >= 0.6 is 22.9 Å². The summed E-state index contributed by atoms with van der Waals surface area (Å²) < 4.78 is 7.02. The Morgan fingerprint density at radius 2 is 1.90 bits per heavy atom. The lowest BCUT2D eigenvalue weighted by Crippen LogP contribution is -2.30. The van der Waals surface area contributed by atoms with Gasteiger partial charge in [-0.2, -0.15) is 0 Å². The van der Waals surface area contributed by atoms with Crippen LogP contribution in [0, 0.1) is 6.92 Å². The number of hydrogen-bond donors (Lipinski definition) is 1. The average Bonchev–Trinajstić information content (AvgIpc) is 3.07. The Labute approximate surface area is 176 Å². The molecule has 0 saturated carbocycles. The van der Waals surface area contributed by atoms with Crippen LogP contribution in [0.5, 0.6) is 5.75 Å². The standard InChI is InChI=1S/C22H19ClN2O3S/c1-14-19(15-5-3-2-4-6-15)20-21(29-14)24-13-25(22(20)27)11-17(26)12-28-18-9-7-16(23)8-10-18/h2-10,13,17,26H,11-12H2,1H3. The molecule has 5 nitrogen and oxygen atoms in total. The predicted molar refractivity (Wildman–Crippen MR) is 117 cm³/mol. The maximum absolute atomic E-state index is 13.1. The van der Waals surface area contributed by atoms with Crippen LogP contribution in [0.15, 0.2) is 65.7 Å². The molecular weight excluding hydrogens is 408 g/mol. The van der Waals surface area contributed by atoms with Crippen molar-refractivity contribution in [2.45, 2.75) is 19.6 Å². The second-order valence-corrected chi connectivity index (χ2v) is 8.34. The van der Waals surface area contributed by atoms with Crippen molar-refractivity contribution in [3.63, 3.8) is 0 Å². The summed E-state index contributed by atoms with van der Waals surface area (Å²) in [5.74, 6) is 0.606. The summed E-state index contributed by atoms with van der Waals surface area (Å²) in [4.78, 5) is 19.3. The van der Waals surface area contributed by atoms with E-state index < -0.39 is 6.10 Å². The number of aliphatic hydroxyl groups excluding tert-OH is 1. The minimum Gasteiger partial charge on any atom is -0.491 e. The minimum atomic E-state index is -0.859. The number of hydrogen-bond acceptors (Lipinski definition) is 5. The van der Waals surface area contributed by atoms with E-state index in [-0.39, 0.29) is 18.7 Å². The molecule has 148 valence electrons. The van der Waals surface area contributed by atoms with Crippen molar-refractivity contribution >= 4 is 33.2 Å². The van der Waals surface area contributed by atoms with Gasteiger partial charge < -0.3 is 9.84 Å². The molecule has 0 amide bonds. The monoisotopic (exact) mass is 426 g/mol. The van der Waals surface area contributed by atoms with Crippen molar-refractivity contribution in [2.24, 2.45) is 0 Å². The highest BCUT2D eigenvalue weighted by Gasteiger charge is 2.18. The highest BCUT2D eigenvalue weighted by atomic mass is 35.5. The Morgan fingerprint density at radius 3 is 2.62 bits per heavy atom. The molecule has 2 aromatic heterocycles. The fraction of sp³-hybridized carbons (Fsp3) is 0.182. The first-order chi connectivity index (χ1) is 14.0. The quantitative estimate of drug-likeness (QED) is 0.492. The van der Waals surface area contributed by atoms with E-state index in [0.717, 1.165) is 16.0 Å². The summed E-state index contributed by atoms with van der Waals surface area (Å²) in [7, 11) is 0. The van der Waals surface area contributed by atoms with Gasteiger partial charge in [-0.15, -0.1) is 11.3 Å². The summed E-state index contributed by atoms with van der Waals surface area (Å²) in [6, 6.07) is 16.7. The highest BCUT2D eigenvalue weighted by Crippen LogP contribution is 2.35. The van der Waals surface area contributed by atoms with Gasteiger partial charge in [0.1, 0.15) is 23.3 Å². The molecule has 0 spiro atoms. The van der Waals surface area contributed by atoms with Crippen molar-refractivity contribution in [1.82, 2.24) is 9.55 Å². The van der Waals surface area contributed by atoms with Gasteiger partial charge in [-0.1, -0.05) is 41.9 Å². The molecule has 0 saturated heterocycles. The third kappa shape index (κ3) is 4.19. The Kier molecular flexibility index (Phi) is 5.67. The molecule has 0 fully saturated rings. The number of aromatic nitrogens is 2. The largest absolute Gasteiger partial charge is 0.491 e. The maximum Gasteiger partial charge on any atom is 0.262 e. The summed E-state index contributed by atoms with van der Waals surface area (Å²) in [5, 5.41) is 11.6. The van der Waals surface area contributed by atoms with Gasteiger partial charge in [0.25, 0.3) is 5.56 Å². The molecule has 2 heterocycles. The van der Waals surface area contributed by atoms with Gasteiger partial charge in [0.15, 0.2) is 0 Å². The molecule has 1 unspecified atom stereocenters. The number of halogens is 1. The van der Waals surface area contributed by atoms with Crippen molar-refractivity contribution in [1.29, 1.82) is 0 Å². The topological polar surface area (TPSA) is 64.3 Å². The lowest BCUT2D eigenvalue weighted by Gasteiger charge is -2.14. The van der Waals surface area contributed by atoms with Crippen molar-refractivity contribution in [3.05, 3.63) is 81.2 Å². The van der Waals surface area contributed by atoms with E-state index >= 15 is 0 Å². The van der Waals surface area contributed by atoms with Crippen LogP contribution in [-0.4, -0.2) is 27.4 Å². The summed E-state index contributed by atoms with van der Waals surface area (Å²) in [5.41, 5.74) is 1.73. The van der Waals surface area contributed by atoms with Gasteiger partial charge in [0.05, 0.1) is 18.3 Å². The third-order valence-corrected chi connectivity index (χ3v) is 5.85. The van der Waals surface area contributed by atoms with Crippen LogP contribution in [0.1, 0.15) is 4.88 Å². The van der Waals surface area contributed by atoms with Crippen LogP contribution in [0.4, 0.5) is 0 Å². The SMILES string of the molecule is Cc1sc2ncn(CC(O)COc3ccc(Cl)cc3)c(=O)c2c1-c1ccccc1.